The molecule has 0 aliphatic carbocycles. The molecule has 1 aromatic rings. The molecule has 0 aliphatic heterocycles. The second-order valence-electron chi connectivity index (χ2n) is 5.63. The molecule has 1 aromatic heterocycles. The number of rotatable bonds is 8. The molecule has 0 aromatic carbocycles. The highest BCUT2D eigenvalue weighted by Crippen LogP contribution is 2.15. The summed E-state index contributed by atoms with van der Waals surface area (Å²) >= 11 is 1.73. The van der Waals surface area contributed by atoms with Crippen LogP contribution in [-0.4, -0.2) is 37.2 Å². The molecule has 0 spiro atoms. The van der Waals surface area contributed by atoms with Crippen LogP contribution in [0.25, 0.3) is 0 Å². The van der Waals surface area contributed by atoms with Crippen LogP contribution < -0.4 is 10.6 Å². The van der Waals surface area contributed by atoms with E-state index in [2.05, 4.69) is 41.4 Å². The number of nitrogens with zero attached hydrogens (tertiary/aromatic N) is 2. The van der Waals surface area contributed by atoms with Crippen LogP contribution >= 0.6 is 11.3 Å². The van der Waals surface area contributed by atoms with Crippen LogP contribution in [0.5, 0.6) is 0 Å². The summed E-state index contributed by atoms with van der Waals surface area (Å²) in [6.45, 7) is 12.9. The number of guanidine groups is 1. The number of thiazole rings is 1. The summed E-state index contributed by atoms with van der Waals surface area (Å²) in [5.41, 5.74) is 1.11. The van der Waals surface area contributed by atoms with Crippen LogP contribution in [-0.2, 0) is 11.3 Å². The Hall–Kier alpha value is -1.14. The number of nitrogens with one attached hydrogen (secondary N) is 2. The first kappa shape index (κ1) is 18.9. The summed E-state index contributed by atoms with van der Waals surface area (Å²) in [4.78, 5) is 10.1. The van der Waals surface area contributed by atoms with Crippen LogP contribution in [0, 0.1) is 19.8 Å². The zero-order valence-electron chi connectivity index (χ0n) is 14.7. The highest BCUT2D eigenvalue weighted by atomic mass is 32.1. The fourth-order valence-corrected chi connectivity index (χ4v) is 3.02. The Balaban J connectivity index is 2.36. The van der Waals surface area contributed by atoms with Crippen LogP contribution in [0.2, 0.25) is 0 Å². The molecule has 126 valence electrons. The summed E-state index contributed by atoms with van der Waals surface area (Å²) in [6.07, 6.45) is 1.27. The van der Waals surface area contributed by atoms with E-state index in [1.165, 1.54) is 4.88 Å². The first-order valence-corrected chi connectivity index (χ1v) is 8.78. The van der Waals surface area contributed by atoms with Gasteiger partial charge in [0.05, 0.1) is 18.3 Å². The Morgan fingerprint density at radius 3 is 2.55 bits per heavy atom. The van der Waals surface area contributed by atoms with E-state index in [9.17, 15) is 0 Å². The van der Waals surface area contributed by atoms with Gasteiger partial charge in [0.15, 0.2) is 5.96 Å². The van der Waals surface area contributed by atoms with Crippen molar-refractivity contribution < 1.29 is 4.74 Å². The first-order chi connectivity index (χ1) is 10.5. The van der Waals surface area contributed by atoms with E-state index in [0.29, 0.717) is 18.6 Å². The number of hydrogen-bond acceptors (Lipinski definition) is 4. The lowest BCUT2D eigenvalue weighted by Gasteiger charge is -2.21. The molecular weight excluding hydrogens is 296 g/mol. The fourth-order valence-electron chi connectivity index (χ4n) is 2.15. The van der Waals surface area contributed by atoms with Gasteiger partial charge < -0.3 is 15.4 Å². The number of aliphatic imine (C=N–C) groups is 1. The summed E-state index contributed by atoms with van der Waals surface area (Å²) in [7, 11) is 1.79. The molecule has 1 heterocycles. The third-order valence-electron chi connectivity index (χ3n) is 3.55. The molecule has 0 aliphatic rings. The molecule has 0 bridgehead atoms. The molecule has 1 atom stereocenters. The van der Waals surface area contributed by atoms with Gasteiger partial charge in [-0.05, 0) is 33.1 Å². The number of aryl methyl sites for hydroxylation is 2. The second-order valence-corrected chi connectivity index (χ2v) is 6.92. The maximum atomic E-state index is 5.76. The van der Waals surface area contributed by atoms with Crippen molar-refractivity contribution in [2.75, 3.05) is 20.2 Å². The van der Waals surface area contributed by atoms with Crippen molar-refractivity contribution in [1.82, 2.24) is 15.6 Å². The van der Waals surface area contributed by atoms with Crippen LogP contribution in [0.15, 0.2) is 4.99 Å². The Morgan fingerprint density at radius 1 is 1.32 bits per heavy atom. The molecule has 22 heavy (non-hydrogen) atoms. The van der Waals surface area contributed by atoms with Crippen LogP contribution in [0.1, 0.15) is 42.8 Å². The van der Waals surface area contributed by atoms with Crippen LogP contribution in [0.3, 0.4) is 0 Å². The Labute approximate surface area is 138 Å². The minimum atomic E-state index is 0.292. The van der Waals surface area contributed by atoms with Gasteiger partial charge in [-0.3, -0.25) is 4.99 Å². The molecular formula is C16H30N4OS. The lowest BCUT2D eigenvalue weighted by Crippen LogP contribution is -2.38. The van der Waals surface area contributed by atoms with E-state index in [0.717, 1.165) is 36.2 Å². The Morgan fingerprint density at radius 2 is 2.05 bits per heavy atom. The van der Waals surface area contributed by atoms with Gasteiger partial charge in [0, 0.05) is 25.1 Å². The zero-order chi connectivity index (χ0) is 16.5. The quantitative estimate of drug-likeness (QED) is 0.570. The van der Waals surface area contributed by atoms with Gasteiger partial charge >= 0.3 is 0 Å². The molecule has 1 unspecified atom stereocenters. The van der Waals surface area contributed by atoms with Gasteiger partial charge in [-0.2, -0.15) is 0 Å². The molecule has 1 rings (SSSR count). The first-order valence-electron chi connectivity index (χ1n) is 7.96. The van der Waals surface area contributed by atoms with E-state index < -0.39 is 0 Å². The van der Waals surface area contributed by atoms with Crippen LogP contribution in [0.4, 0.5) is 0 Å². The van der Waals surface area contributed by atoms with Gasteiger partial charge in [-0.15, -0.1) is 11.3 Å². The van der Waals surface area contributed by atoms with E-state index in [1.807, 2.05) is 13.8 Å². The molecule has 0 amide bonds. The largest absolute Gasteiger partial charge is 0.378 e. The van der Waals surface area contributed by atoms with Crippen molar-refractivity contribution in [3.05, 3.63) is 15.6 Å². The molecule has 0 fully saturated rings. The minimum absolute atomic E-state index is 0.292. The Bertz CT molecular complexity index is 451. The SMILES string of the molecule is CCOC(CCNC(=NC)NCc1nc(C)c(C)s1)C(C)C. The maximum Gasteiger partial charge on any atom is 0.191 e. The van der Waals surface area contributed by atoms with Gasteiger partial charge in [0.2, 0.25) is 0 Å². The smallest absolute Gasteiger partial charge is 0.191 e. The summed E-state index contributed by atoms with van der Waals surface area (Å²) in [6, 6.07) is 0. The molecule has 0 radical (unpaired) electrons. The average molecular weight is 327 g/mol. The van der Waals surface area contributed by atoms with Crippen molar-refractivity contribution in [2.24, 2.45) is 10.9 Å². The van der Waals surface area contributed by atoms with E-state index in [-0.39, 0.29) is 0 Å². The van der Waals surface area contributed by atoms with Gasteiger partial charge in [-0.25, -0.2) is 4.98 Å². The lowest BCUT2D eigenvalue weighted by atomic mass is 10.0. The number of ether oxygens (including phenoxy) is 1. The highest BCUT2D eigenvalue weighted by molar-refractivity contribution is 7.11. The lowest BCUT2D eigenvalue weighted by molar-refractivity contribution is 0.0258. The molecule has 6 heteroatoms. The van der Waals surface area contributed by atoms with E-state index >= 15 is 0 Å². The summed E-state index contributed by atoms with van der Waals surface area (Å²) in [5.74, 6) is 1.34. The van der Waals surface area contributed by atoms with Crippen molar-refractivity contribution in [3.63, 3.8) is 0 Å². The van der Waals surface area contributed by atoms with Gasteiger partial charge in [-0.1, -0.05) is 13.8 Å². The normalized spacial score (nSPS) is 13.5. The minimum Gasteiger partial charge on any atom is -0.378 e. The monoisotopic (exact) mass is 326 g/mol. The third-order valence-corrected chi connectivity index (χ3v) is 4.62. The van der Waals surface area contributed by atoms with Gasteiger partial charge in [0.25, 0.3) is 0 Å². The number of hydrogen-bond donors (Lipinski definition) is 2. The molecule has 0 saturated carbocycles. The fraction of sp³-hybridized carbons (Fsp3) is 0.750. The maximum absolute atomic E-state index is 5.76. The van der Waals surface area contributed by atoms with Gasteiger partial charge in [0.1, 0.15) is 5.01 Å². The highest BCUT2D eigenvalue weighted by Gasteiger charge is 2.13. The van der Waals surface area contributed by atoms with Crippen molar-refractivity contribution >= 4 is 17.3 Å². The second kappa shape index (κ2) is 9.79. The summed E-state index contributed by atoms with van der Waals surface area (Å²) in [5, 5.41) is 7.74. The van der Waals surface area contributed by atoms with E-state index in [4.69, 9.17) is 4.74 Å². The standard InChI is InChI=1S/C16H30N4OS/c1-7-21-14(11(2)3)8-9-18-16(17-6)19-10-15-20-12(4)13(5)22-15/h11,14H,7-10H2,1-6H3,(H2,17,18,19). The van der Waals surface area contributed by atoms with Crippen molar-refractivity contribution in [1.29, 1.82) is 0 Å². The predicted molar refractivity (Wildman–Crippen MR) is 94.7 cm³/mol. The number of aromatic nitrogens is 1. The molecule has 5 nitrogen and oxygen atoms in total. The van der Waals surface area contributed by atoms with Crippen molar-refractivity contribution in [3.8, 4) is 0 Å². The average Bonchev–Trinajstić information content (AvgIpc) is 2.80. The van der Waals surface area contributed by atoms with E-state index in [1.54, 1.807) is 18.4 Å². The molecule has 0 saturated heterocycles. The zero-order valence-corrected chi connectivity index (χ0v) is 15.5. The molecule has 2 N–H and O–H groups in total. The predicted octanol–water partition coefficient (Wildman–Crippen LogP) is 2.88. The Kier molecular flexibility index (Phi) is 8.42. The van der Waals surface area contributed by atoms with Crippen molar-refractivity contribution in [2.45, 2.75) is 53.7 Å². The summed E-state index contributed by atoms with van der Waals surface area (Å²) < 4.78 is 5.76. The topological polar surface area (TPSA) is 58.5 Å². The third kappa shape index (κ3) is 6.32.